The fraction of sp³-hybridized carbons (Fsp3) is 0.259. The smallest absolute Gasteiger partial charge is 0.407 e. The maximum absolute atomic E-state index is 15.8. The van der Waals surface area contributed by atoms with E-state index in [1.54, 1.807) is 45.7 Å². The predicted octanol–water partition coefficient (Wildman–Crippen LogP) is 5.11. The predicted molar refractivity (Wildman–Crippen MR) is 150 cm³/mol. The lowest BCUT2D eigenvalue weighted by molar-refractivity contribution is 0.168. The number of carbonyl (C=O) groups excluding carboxylic acids is 1. The fourth-order valence-corrected chi connectivity index (χ4v) is 4.14. The molecule has 2 heterocycles. The summed E-state index contributed by atoms with van der Waals surface area (Å²) in [6.07, 6.45) is 2.60. The highest BCUT2D eigenvalue weighted by atomic mass is 35.5. The number of nitrogens with one attached hydrogen (secondary N) is 4. The first-order valence-electron chi connectivity index (χ1n) is 12.2. The van der Waals surface area contributed by atoms with Crippen LogP contribution in [0.5, 0.6) is 11.5 Å². The Morgan fingerprint density at radius 3 is 2.62 bits per heavy atom. The van der Waals surface area contributed by atoms with Crippen molar-refractivity contribution in [3.05, 3.63) is 65.2 Å². The van der Waals surface area contributed by atoms with Gasteiger partial charge in [-0.3, -0.25) is 5.10 Å². The van der Waals surface area contributed by atoms with Crippen molar-refractivity contribution in [1.82, 2.24) is 25.5 Å². The quantitative estimate of drug-likeness (QED) is 0.194. The molecular weight excluding hydrogens is 541 g/mol. The summed E-state index contributed by atoms with van der Waals surface area (Å²) in [4.78, 5) is 20.2. The van der Waals surface area contributed by atoms with Crippen LogP contribution in [0.3, 0.4) is 0 Å². The van der Waals surface area contributed by atoms with Gasteiger partial charge in [0.25, 0.3) is 0 Å². The highest BCUT2D eigenvalue weighted by molar-refractivity contribution is 6.31. The molecule has 11 nitrogen and oxygen atoms in total. The topological polar surface area (TPSA) is 135 Å². The first-order valence-corrected chi connectivity index (χ1v) is 12.6. The van der Waals surface area contributed by atoms with Gasteiger partial charge in [0.15, 0.2) is 17.3 Å². The van der Waals surface area contributed by atoms with E-state index in [1.165, 1.54) is 19.2 Å². The molecule has 4 aromatic rings. The number of hydrogen-bond donors (Lipinski definition) is 4. The van der Waals surface area contributed by atoms with Gasteiger partial charge < -0.3 is 30.2 Å². The van der Waals surface area contributed by atoms with Gasteiger partial charge in [-0.05, 0) is 42.8 Å². The normalized spacial score (nSPS) is 11.4. The zero-order chi connectivity index (χ0) is 28.6. The number of nitrogens with zero attached hydrogens (tertiary/aromatic N) is 3. The number of aromatic amines is 1. The molecule has 0 saturated heterocycles. The number of anilines is 2. The van der Waals surface area contributed by atoms with E-state index in [4.69, 9.17) is 21.1 Å². The van der Waals surface area contributed by atoms with Crippen molar-refractivity contribution < 1.29 is 23.4 Å². The number of ether oxygens (including phenoxy) is 3. The van der Waals surface area contributed by atoms with Gasteiger partial charge in [0.1, 0.15) is 0 Å². The number of aromatic nitrogens is 4. The molecule has 4 rings (SSSR count). The lowest BCUT2D eigenvalue weighted by Gasteiger charge is -2.14. The third-order valence-electron chi connectivity index (χ3n) is 5.92. The van der Waals surface area contributed by atoms with Gasteiger partial charge in [-0.1, -0.05) is 17.7 Å². The number of methoxy groups -OCH3 is 3. The van der Waals surface area contributed by atoms with Crippen LogP contribution in [-0.4, -0.2) is 60.2 Å². The van der Waals surface area contributed by atoms with Gasteiger partial charge in [0.2, 0.25) is 5.95 Å². The molecule has 13 heteroatoms. The van der Waals surface area contributed by atoms with Crippen LogP contribution >= 0.6 is 11.6 Å². The van der Waals surface area contributed by atoms with E-state index < -0.39 is 11.9 Å². The minimum Gasteiger partial charge on any atom is -0.493 e. The minimum atomic E-state index is -0.534. The summed E-state index contributed by atoms with van der Waals surface area (Å²) < 4.78 is 31.0. The van der Waals surface area contributed by atoms with Gasteiger partial charge in [-0.2, -0.15) is 5.10 Å². The zero-order valence-electron chi connectivity index (χ0n) is 22.3. The summed E-state index contributed by atoms with van der Waals surface area (Å²) in [5, 5.41) is 16.2. The molecule has 40 heavy (non-hydrogen) atoms. The minimum absolute atomic E-state index is 0.218. The summed E-state index contributed by atoms with van der Waals surface area (Å²) >= 11 is 6.40. The SMILES string of the molecule is COC(=O)N[C@@H](C)CNc1nccc(-c2cn[nH]c2-c2cc(Cl)cc(NCc3ccc(OC)c(OC)c3)c2F)n1. The lowest BCUT2D eigenvalue weighted by Crippen LogP contribution is -2.37. The van der Waals surface area contributed by atoms with E-state index in [9.17, 15) is 4.79 Å². The van der Waals surface area contributed by atoms with Crippen LogP contribution in [0.1, 0.15) is 12.5 Å². The van der Waals surface area contributed by atoms with Crippen LogP contribution < -0.4 is 25.4 Å². The van der Waals surface area contributed by atoms with E-state index in [0.29, 0.717) is 52.5 Å². The Bertz CT molecular complexity index is 1480. The maximum Gasteiger partial charge on any atom is 0.407 e. The molecule has 210 valence electrons. The van der Waals surface area contributed by atoms with Gasteiger partial charge in [-0.25, -0.2) is 19.2 Å². The van der Waals surface area contributed by atoms with Crippen LogP contribution in [-0.2, 0) is 11.3 Å². The summed E-state index contributed by atoms with van der Waals surface area (Å²) in [5.74, 6) is 0.992. The van der Waals surface area contributed by atoms with Crippen molar-refractivity contribution in [2.24, 2.45) is 0 Å². The van der Waals surface area contributed by atoms with Crippen LogP contribution in [0.15, 0.2) is 48.8 Å². The van der Waals surface area contributed by atoms with Crippen LogP contribution in [0, 0.1) is 5.82 Å². The number of carbonyl (C=O) groups is 1. The largest absolute Gasteiger partial charge is 0.493 e. The summed E-state index contributed by atoms with van der Waals surface area (Å²) in [6, 6.07) is 9.95. The number of amides is 1. The molecule has 1 amide bonds. The first kappa shape index (κ1) is 28.4. The molecule has 1 atom stereocenters. The third kappa shape index (κ3) is 6.70. The number of H-pyrrole nitrogens is 1. The molecule has 0 aliphatic heterocycles. The molecular formula is C27H29ClFN7O4. The number of benzene rings is 2. The molecule has 0 aliphatic rings. The Hall–Kier alpha value is -4.58. The average Bonchev–Trinajstić information content (AvgIpc) is 3.46. The number of rotatable bonds is 11. The Balaban J connectivity index is 1.55. The van der Waals surface area contributed by atoms with Crippen LogP contribution in [0.4, 0.5) is 20.8 Å². The van der Waals surface area contributed by atoms with E-state index in [2.05, 4.69) is 40.9 Å². The monoisotopic (exact) mass is 569 g/mol. The van der Waals surface area contributed by atoms with Crippen LogP contribution in [0.2, 0.25) is 5.02 Å². The van der Waals surface area contributed by atoms with Gasteiger partial charge in [0, 0.05) is 41.5 Å². The molecule has 0 radical (unpaired) electrons. The molecule has 0 aliphatic carbocycles. The van der Waals surface area contributed by atoms with E-state index in [1.807, 2.05) is 12.1 Å². The maximum atomic E-state index is 15.8. The molecule has 0 spiro atoms. The number of alkyl carbamates (subject to hydrolysis) is 1. The Morgan fingerprint density at radius 2 is 1.88 bits per heavy atom. The second-order valence-corrected chi connectivity index (χ2v) is 9.14. The Kier molecular flexibility index (Phi) is 9.23. The van der Waals surface area contributed by atoms with E-state index >= 15 is 4.39 Å². The van der Waals surface area contributed by atoms with Crippen molar-refractivity contribution in [2.75, 3.05) is 38.5 Å². The van der Waals surface area contributed by atoms with Gasteiger partial charge in [0.05, 0.1) is 44.6 Å². The molecule has 4 N–H and O–H groups in total. The Morgan fingerprint density at radius 1 is 1.07 bits per heavy atom. The number of halogens is 2. The summed E-state index contributed by atoms with van der Waals surface area (Å²) in [5.41, 5.74) is 2.76. The molecule has 0 saturated carbocycles. The molecule has 2 aromatic carbocycles. The molecule has 0 fully saturated rings. The van der Waals surface area contributed by atoms with E-state index in [0.717, 1.165) is 5.56 Å². The second kappa shape index (κ2) is 13.0. The van der Waals surface area contributed by atoms with Crippen molar-refractivity contribution in [3.63, 3.8) is 0 Å². The summed E-state index contributed by atoms with van der Waals surface area (Å²) in [7, 11) is 4.41. The zero-order valence-corrected chi connectivity index (χ0v) is 23.1. The molecule has 2 aromatic heterocycles. The summed E-state index contributed by atoms with van der Waals surface area (Å²) in [6.45, 7) is 2.48. The van der Waals surface area contributed by atoms with E-state index in [-0.39, 0.29) is 17.3 Å². The standard InChI is InChI=1S/C27H29ClFN7O4/c1-15(34-27(37)40-4)12-32-26-30-8-7-20(35-26)19-14-33-36-25(19)18-10-17(28)11-21(24(18)29)31-13-16-5-6-22(38-2)23(9-16)39-3/h5-11,14-15,31H,12-13H2,1-4H3,(H,33,36)(H,34,37)(H,30,32,35)/t15-/m0/s1. The lowest BCUT2D eigenvalue weighted by atomic mass is 10.0. The number of hydrogen-bond acceptors (Lipinski definition) is 9. The van der Waals surface area contributed by atoms with Gasteiger partial charge in [-0.15, -0.1) is 0 Å². The second-order valence-electron chi connectivity index (χ2n) is 8.70. The molecule has 0 unspecified atom stereocenters. The average molecular weight is 570 g/mol. The highest BCUT2D eigenvalue weighted by Crippen LogP contribution is 2.36. The highest BCUT2D eigenvalue weighted by Gasteiger charge is 2.19. The van der Waals surface area contributed by atoms with Crippen molar-refractivity contribution in [2.45, 2.75) is 19.5 Å². The van der Waals surface area contributed by atoms with Crippen LogP contribution in [0.25, 0.3) is 22.5 Å². The Labute approximate surface area is 235 Å². The fourth-order valence-electron chi connectivity index (χ4n) is 3.92. The molecule has 0 bridgehead atoms. The van der Waals surface area contributed by atoms with Crippen molar-refractivity contribution in [3.8, 4) is 34.0 Å². The van der Waals surface area contributed by atoms with Gasteiger partial charge >= 0.3 is 6.09 Å². The third-order valence-corrected chi connectivity index (χ3v) is 6.14. The van der Waals surface area contributed by atoms with Crippen molar-refractivity contribution in [1.29, 1.82) is 0 Å². The first-order chi connectivity index (χ1) is 19.3. The van der Waals surface area contributed by atoms with Crippen molar-refractivity contribution >= 4 is 29.3 Å².